The van der Waals surface area contributed by atoms with Gasteiger partial charge >= 0.3 is 0 Å². The molecule has 20 heavy (non-hydrogen) atoms. The molecule has 0 atom stereocenters. The summed E-state index contributed by atoms with van der Waals surface area (Å²) in [6.07, 6.45) is 2.91. The zero-order chi connectivity index (χ0) is 15.0. The molecule has 2 heterocycles. The molecule has 0 spiro atoms. The topological polar surface area (TPSA) is 63.4 Å². The van der Waals surface area contributed by atoms with Crippen molar-refractivity contribution in [2.75, 3.05) is 13.1 Å². The zero-order valence-electron chi connectivity index (χ0n) is 11.8. The van der Waals surface area contributed by atoms with Crippen LogP contribution in [0.1, 0.15) is 38.0 Å². The molecule has 0 radical (unpaired) electrons. The molecule has 7 heteroatoms. The minimum atomic E-state index is -3.40. The molecule has 0 bridgehead atoms. The summed E-state index contributed by atoms with van der Waals surface area (Å²) < 4.78 is 27.1. The Morgan fingerprint density at radius 1 is 1.45 bits per heavy atom. The second-order valence-corrected chi connectivity index (χ2v) is 9.24. The summed E-state index contributed by atoms with van der Waals surface area (Å²) in [5, 5.41) is 0. The van der Waals surface area contributed by atoms with Crippen molar-refractivity contribution in [3.8, 4) is 0 Å². The number of nitrogens with zero attached hydrogens (tertiary/aromatic N) is 1. The van der Waals surface area contributed by atoms with E-state index in [-0.39, 0.29) is 10.4 Å². The average Bonchev–Trinajstić information content (AvgIpc) is 2.90. The Morgan fingerprint density at radius 3 is 2.50 bits per heavy atom. The van der Waals surface area contributed by atoms with Gasteiger partial charge in [-0.2, -0.15) is 4.31 Å². The van der Waals surface area contributed by atoms with Crippen molar-refractivity contribution >= 4 is 38.6 Å². The normalized spacial score (nSPS) is 19.9. The third kappa shape index (κ3) is 3.05. The highest BCUT2D eigenvalue weighted by atomic mass is 32.2. The van der Waals surface area contributed by atoms with Crippen molar-refractivity contribution in [2.24, 2.45) is 11.1 Å². The summed E-state index contributed by atoms with van der Waals surface area (Å²) in [5.74, 6) is 0. The van der Waals surface area contributed by atoms with E-state index in [4.69, 9.17) is 18.0 Å². The highest BCUT2D eigenvalue weighted by Crippen LogP contribution is 2.36. The lowest BCUT2D eigenvalue weighted by molar-refractivity contribution is 0.169. The van der Waals surface area contributed by atoms with Crippen molar-refractivity contribution in [2.45, 2.75) is 37.3 Å². The lowest BCUT2D eigenvalue weighted by atomic mass is 9.79. The molecule has 0 saturated carbocycles. The quantitative estimate of drug-likeness (QED) is 0.861. The molecule has 1 aromatic heterocycles. The van der Waals surface area contributed by atoms with Gasteiger partial charge in [0, 0.05) is 13.1 Å². The van der Waals surface area contributed by atoms with Crippen LogP contribution in [0.3, 0.4) is 0 Å². The lowest BCUT2D eigenvalue weighted by Crippen LogP contribution is -2.41. The van der Waals surface area contributed by atoms with Gasteiger partial charge in [-0.25, -0.2) is 8.42 Å². The molecule has 1 fully saturated rings. The second-order valence-electron chi connectivity index (χ2n) is 5.55. The summed E-state index contributed by atoms with van der Waals surface area (Å²) in [4.78, 5) is 0.891. The van der Waals surface area contributed by atoms with Crippen LogP contribution in [-0.4, -0.2) is 30.8 Å². The summed E-state index contributed by atoms with van der Waals surface area (Å²) in [7, 11) is -3.40. The molecule has 0 aliphatic carbocycles. The van der Waals surface area contributed by atoms with E-state index in [0.29, 0.717) is 22.2 Å². The van der Waals surface area contributed by atoms with E-state index in [1.807, 2.05) is 0 Å². The van der Waals surface area contributed by atoms with Gasteiger partial charge in [0.2, 0.25) is 0 Å². The molecule has 1 saturated heterocycles. The Morgan fingerprint density at radius 2 is 2.05 bits per heavy atom. The first kappa shape index (κ1) is 15.9. The summed E-state index contributed by atoms with van der Waals surface area (Å²) in [6, 6.07) is 3.28. The first-order chi connectivity index (χ1) is 9.28. The molecule has 1 aliphatic rings. The maximum Gasteiger partial charge on any atom is 0.252 e. The predicted octanol–water partition coefficient (Wildman–Crippen LogP) is 2.58. The highest BCUT2D eigenvalue weighted by molar-refractivity contribution is 7.91. The van der Waals surface area contributed by atoms with Crippen LogP contribution < -0.4 is 5.73 Å². The van der Waals surface area contributed by atoms with Gasteiger partial charge in [-0.15, -0.1) is 11.3 Å². The van der Waals surface area contributed by atoms with Crippen molar-refractivity contribution < 1.29 is 8.42 Å². The third-order valence-electron chi connectivity index (χ3n) is 4.20. The van der Waals surface area contributed by atoms with E-state index in [1.165, 1.54) is 0 Å². The molecule has 112 valence electrons. The number of thiocarbonyl (C=S) groups is 1. The summed E-state index contributed by atoms with van der Waals surface area (Å²) in [5.41, 5.74) is 5.81. The molecule has 0 unspecified atom stereocenters. The van der Waals surface area contributed by atoms with Crippen LogP contribution in [0.25, 0.3) is 0 Å². The Bertz CT molecular complexity index is 599. The van der Waals surface area contributed by atoms with Crippen LogP contribution in [0.15, 0.2) is 16.3 Å². The van der Waals surface area contributed by atoms with Crippen LogP contribution in [0.4, 0.5) is 0 Å². The minimum Gasteiger partial charge on any atom is -0.389 e. The van der Waals surface area contributed by atoms with E-state index in [9.17, 15) is 8.42 Å². The number of sulfonamides is 1. The van der Waals surface area contributed by atoms with Gasteiger partial charge < -0.3 is 5.73 Å². The smallest absolute Gasteiger partial charge is 0.252 e. The van der Waals surface area contributed by atoms with Crippen LogP contribution in [0.2, 0.25) is 0 Å². The fourth-order valence-corrected chi connectivity index (χ4v) is 5.29. The fourth-order valence-electron chi connectivity index (χ4n) is 2.34. The Kier molecular flexibility index (Phi) is 4.53. The summed E-state index contributed by atoms with van der Waals surface area (Å²) >= 11 is 6.03. The first-order valence-corrected chi connectivity index (χ1v) is 9.35. The van der Waals surface area contributed by atoms with Crippen LogP contribution in [0.5, 0.6) is 0 Å². The Hall–Kier alpha value is -0.500. The molecule has 1 aromatic rings. The Labute approximate surface area is 130 Å². The average molecular weight is 333 g/mol. The number of hydrogen-bond donors (Lipinski definition) is 1. The van der Waals surface area contributed by atoms with Crippen molar-refractivity contribution in [3.05, 3.63) is 17.0 Å². The molecule has 1 aliphatic heterocycles. The van der Waals surface area contributed by atoms with E-state index >= 15 is 0 Å². The maximum atomic E-state index is 12.6. The fraction of sp³-hybridized carbons (Fsp3) is 0.615. The maximum absolute atomic E-state index is 12.6. The van der Waals surface area contributed by atoms with E-state index in [1.54, 1.807) is 16.4 Å². The van der Waals surface area contributed by atoms with E-state index in [2.05, 4.69) is 13.8 Å². The van der Waals surface area contributed by atoms with Gasteiger partial charge in [0.15, 0.2) is 0 Å². The van der Waals surface area contributed by atoms with E-state index < -0.39 is 10.0 Å². The zero-order valence-corrected chi connectivity index (χ0v) is 14.2. The first-order valence-electron chi connectivity index (χ1n) is 6.68. The van der Waals surface area contributed by atoms with Gasteiger partial charge in [-0.3, -0.25) is 0 Å². The SMILES string of the molecule is CCC1(C)CCN(S(=O)(=O)c2ccc(C(N)=S)s2)CC1. The highest BCUT2D eigenvalue weighted by Gasteiger charge is 2.35. The van der Waals surface area contributed by atoms with Crippen LogP contribution >= 0.6 is 23.6 Å². The molecule has 2 rings (SSSR count). The van der Waals surface area contributed by atoms with Gasteiger partial charge in [-0.1, -0.05) is 32.5 Å². The number of piperidine rings is 1. The van der Waals surface area contributed by atoms with Crippen molar-refractivity contribution in [1.29, 1.82) is 0 Å². The van der Waals surface area contributed by atoms with Gasteiger partial charge in [0.25, 0.3) is 10.0 Å². The molecule has 0 amide bonds. The number of hydrogen-bond acceptors (Lipinski definition) is 4. The molecule has 0 aromatic carbocycles. The lowest BCUT2D eigenvalue weighted by Gasteiger charge is -2.37. The van der Waals surface area contributed by atoms with Crippen LogP contribution in [-0.2, 0) is 10.0 Å². The summed E-state index contributed by atoms with van der Waals surface area (Å²) in [6.45, 7) is 5.57. The monoisotopic (exact) mass is 332 g/mol. The van der Waals surface area contributed by atoms with E-state index in [0.717, 1.165) is 30.6 Å². The molecule has 2 N–H and O–H groups in total. The predicted molar refractivity (Wildman–Crippen MR) is 86.6 cm³/mol. The number of thiophene rings is 1. The Balaban J connectivity index is 2.17. The number of nitrogens with two attached hydrogens (primary N) is 1. The third-order valence-corrected chi connectivity index (χ3v) is 8.04. The van der Waals surface area contributed by atoms with Gasteiger partial charge in [-0.05, 0) is 30.4 Å². The van der Waals surface area contributed by atoms with Gasteiger partial charge in [0.1, 0.15) is 9.20 Å². The van der Waals surface area contributed by atoms with Crippen molar-refractivity contribution in [1.82, 2.24) is 4.31 Å². The van der Waals surface area contributed by atoms with Gasteiger partial charge in [0.05, 0.1) is 4.88 Å². The largest absolute Gasteiger partial charge is 0.389 e. The molecular weight excluding hydrogens is 312 g/mol. The minimum absolute atomic E-state index is 0.244. The molecule has 4 nitrogen and oxygen atoms in total. The standard InChI is InChI=1S/C13H20N2O2S3/c1-3-13(2)6-8-15(9-7-13)20(16,17)11-5-4-10(19-11)12(14)18/h4-5H,3,6-9H2,1-2H3,(H2,14,18). The second kappa shape index (κ2) is 5.71. The molecular formula is C13H20N2O2S3. The van der Waals surface area contributed by atoms with Crippen molar-refractivity contribution in [3.63, 3.8) is 0 Å². The van der Waals surface area contributed by atoms with Crippen LogP contribution in [0, 0.1) is 5.41 Å². The number of rotatable bonds is 4.